The number of carbonyl (C=O) groups excluding carboxylic acids is 1. The lowest BCUT2D eigenvalue weighted by Gasteiger charge is -2.33. The smallest absolute Gasteiger partial charge is 0.238 e. The second kappa shape index (κ2) is 8.69. The van der Waals surface area contributed by atoms with Crippen molar-refractivity contribution in [1.29, 1.82) is 0 Å². The molecule has 1 N–H and O–H groups in total. The van der Waals surface area contributed by atoms with Crippen molar-refractivity contribution in [1.82, 2.24) is 14.8 Å². The third-order valence-electron chi connectivity index (χ3n) is 4.64. The van der Waals surface area contributed by atoms with Gasteiger partial charge in [-0.05, 0) is 24.3 Å². The number of aromatic nitrogens is 1. The lowest BCUT2D eigenvalue weighted by atomic mass is 9.93. The Hall–Kier alpha value is -1.47. The molecule has 1 aliphatic heterocycles. The normalized spacial score (nSPS) is 16.4. The standard InChI is InChI=1S/C20H27ClN4OS/c1-20(2,3)17-14-27-19(23-17)13-25-10-8-24(9-11-25)12-18(26)22-16-6-4-15(21)5-7-16/h4-7,14H,8-13H2,1-3H3,(H,22,26). The lowest BCUT2D eigenvalue weighted by Crippen LogP contribution is -2.48. The van der Waals surface area contributed by atoms with Gasteiger partial charge in [0.25, 0.3) is 0 Å². The molecule has 1 amide bonds. The Bertz CT molecular complexity index is 761. The SMILES string of the molecule is CC(C)(C)c1csc(CN2CCN(CC(=O)Nc3ccc(Cl)cc3)CC2)n1. The first-order valence-electron chi connectivity index (χ1n) is 9.24. The number of nitrogens with zero attached hydrogens (tertiary/aromatic N) is 3. The van der Waals surface area contributed by atoms with Crippen molar-refractivity contribution < 1.29 is 4.79 Å². The number of benzene rings is 1. The van der Waals surface area contributed by atoms with Gasteiger partial charge in [-0.25, -0.2) is 4.98 Å². The first-order chi connectivity index (χ1) is 12.8. The predicted octanol–water partition coefficient (Wildman–Crippen LogP) is 3.85. The van der Waals surface area contributed by atoms with Gasteiger partial charge in [0.15, 0.2) is 0 Å². The van der Waals surface area contributed by atoms with Gasteiger partial charge in [0, 0.05) is 47.7 Å². The van der Waals surface area contributed by atoms with Crippen LogP contribution in [0.25, 0.3) is 0 Å². The Morgan fingerprint density at radius 1 is 1.15 bits per heavy atom. The highest BCUT2D eigenvalue weighted by Crippen LogP contribution is 2.24. The van der Waals surface area contributed by atoms with Crippen molar-refractivity contribution in [2.45, 2.75) is 32.7 Å². The van der Waals surface area contributed by atoms with E-state index in [1.807, 2.05) is 12.1 Å². The molecule has 2 heterocycles. The molecule has 0 saturated carbocycles. The number of piperazine rings is 1. The fourth-order valence-corrected chi connectivity index (χ4v) is 4.15. The zero-order valence-electron chi connectivity index (χ0n) is 16.2. The number of amides is 1. The molecule has 0 atom stereocenters. The summed E-state index contributed by atoms with van der Waals surface area (Å²) in [5.74, 6) is 0.0144. The van der Waals surface area contributed by atoms with Crippen LogP contribution in [0.5, 0.6) is 0 Å². The molecule has 0 bridgehead atoms. The maximum Gasteiger partial charge on any atom is 0.238 e. The van der Waals surface area contributed by atoms with E-state index in [1.54, 1.807) is 23.5 Å². The van der Waals surface area contributed by atoms with Crippen LogP contribution in [-0.4, -0.2) is 53.4 Å². The monoisotopic (exact) mass is 406 g/mol. The molecule has 0 aliphatic carbocycles. The first-order valence-corrected chi connectivity index (χ1v) is 10.5. The molecule has 1 fully saturated rings. The average molecular weight is 407 g/mol. The molecule has 27 heavy (non-hydrogen) atoms. The van der Waals surface area contributed by atoms with Crippen LogP contribution in [0.4, 0.5) is 5.69 Å². The summed E-state index contributed by atoms with van der Waals surface area (Å²) in [5.41, 5.74) is 2.05. The zero-order chi connectivity index (χ0) is 19.4. The minimum Gasteiger partial charge on any atom is -0.325 e. The van der Waals surface area contributed by atoms with Crippen molar-refractivity contribution in [3.63, 3.8) is 0 Å². The third-order valence-corrected chi connectivity index (χ3v) is 5.72. The summed E-state index contributed by atoms with van der Waals surface area (Å²) in [5, 5.41) is 6.94. The van der Waals surface area contributed by atoms with Gasteiger partial charge >= 0.3 is 0 Å². The summed E-state index contributed by atoms with van der Waals surface area (Å²) in [6.07, 6.45) is 0. The van der Waals surface area contributed by atoms with Crippen LogP contribution in [0.3, 0.4) is 0 Å². The Morgan fingerprint density at radius 2 is 1.78 bits per heavy atom. The van der Waals surface area contributed by atoms with Crippen LogP contribution in [-0.2, 0) is 16.8 Å². The quantitative estimate of drug-likeness (QED) is 0.819. The van der Waals surface area contributed by atoms with E-state index < -0.39 is 0 Å². The number of anilines is 1. The van der Waals surface area contributed by atoms with Gasteiger partial charge in [-0.15, -0.1) is 11.3 Å². The zero-order valence-corrected chi connectivity index (χ0v) is 17.7. The molecule has 3 rings (SSSR count). The van der Waals surface area contributed by atoms with Crippen LogP contribution < -0.4 is 5.32 Å². The fourth-order valence-electron chi connectivity index (χ4n) is 2.96. The summed E-state index contributed by atoms with van der Waals surface area (Å²) in [7, 11) is 0. The number of nitrogens with one attached hydrogen (secondary N) is 1. The van der Waals surface area contributed by atoms with E-state index >= 15 is 0 Å². The van der Waals surface area contributed by atoms with Gasteiger partial charge in [-0.2, -0.15) is 0 Å². The van der Waals surface area contributed by atoms with Crippen LogP contribution in [0.2, 0.25) is 5.02 Å². The topological polar surface area (TPSA) is 48.5 Å². The molecule has 0 spiro atoms. The van der Waals surface area contributed by atoms with E-state index in [1.165, 1.54) is 10.7 Å². The molecule has 1 aromatic heterocycles. The molecule has 1 saturated heterocycles. The van der Waals surface area contributed by atoms with Crippen LogP contribution in [0, 0.1) is 0 Å². The molecule has 1 aliphatic rings. The van der Waals surface area contributed by atoms with Crippen LogP contribution in [0.15, 0.2) is 29.6 Å². The van der Waals surface area contributed by atoms with Crippen molar-refractivity contribution in [2.24, 2.45) is 0 Å². The van der Waals surface area contributed by atoms with Gasteiger partial charge in [0.1, 0.15) is 5.01 Å². The summed E-state index contributed by atoms with van der Waals surface area (Å²) in [4.78, 5) is 21.6. The second-order valence-corrected chi connectivity index (χ2v) is 9.36. The molecular weight excluding hydrogens is 380 g/mol. The van der Waals surface area contributed by atoms with Gasteiger partial charge in [0.05, 0.1) is 18.8 Å². The van der Waals surface area contributed by atoms with Crippen LogP contribution in [0.1, 0.15) is 31.5 Å². The largest absolute Gasteiger partial charge is 0.325 e. The highest BCUT2D eigenvalue weighted by molar-refractivity contribution is 7.09. The van der Waals surface area contributed by atoms with Crippen molar-refractivity contribution >= 4 is 34.5 Å². The van der Waals surface area contributed by atoms with E-state index in [0.29, 0.717) is 11.6 Å². The number of carbonyl (C=O) groups is 1. The summed E-state index contributed by atoms with van der Waals surface area (Å²) >= 11 is 7.61. The maximum absolute atomic E-state index is 12.2. The molecule has 0 unspecified atom stereocenters. The first kappa shape index (κ1) is 20.3. The van der Waals surface area contributed by atoms with Gasteiger partial charge in [0.2, 0.25) is 5.91 Å². The average Bonchev–Trinajstić information content (AvgIpc) is 3.08. The van der Waals surface area contributed by atoms with Crippen molar-refractivity contribution in [3.05, 3.63) is 45.4 Å². The van der Waals surface area contributed by atoms with Crippen molar-refractivity contribution in [2.75, 3.05) is 38.0 Å². The molecular formula is C20H27ClN4OS. The van der Waals surface area contributed by atoms with E-state index in [0.717, 1.165) is 38.4 Å². The third kappa shape index (κ3) is 6.01. The number of rotatable bonds is 5. The van der Waals surface area contributed by atoms with E-state index in [-0.39, 0.29) is 11.3 Å². The Balaban J connectivity index is 1.42. The summed E-state index contributed by atoms with van der Waals surface area (Å²) in [6.45, 7) is 11.6. The number of halogens is 1. The maximum atomic E-state index is 12.2. The molecule has 2 aromatic rings. The number of hydrogen-bond donors (Lipinski definition) is 1. The highest BCUT2D eigenvalue weighted by Gasteiger charge is 2.22. The Labute approximate surface area is 170 Å². The van der Waals surface area contributed by atoms with Gasteiger partial charge in [-0.3, -0.25) is 14.6 Å². The van der Waals surface area contributed by atoms with Gasteiger partial charge < -0.3 is 5.32 Å². The molecule has 0 radical (unpaired) electrons. The fraction of sp³-hybridized carbons (Fsp3) is 0.500. The van der Waals surface area contributed by atoms with E-state index in [9.17, 15) is 4.79 Å². The Morgan fingerprint density at radius 3 is 2.37 bits per heavy atom. The van der Waals surface area contributed by atoms with Crippen molar-refractivity contribution in [3.8, 4) is 0 Å². The molecule has 1 aromatic carbocycles. The predicted molar refractivity (Wildman–Crippen MR) is 113 cm³/mol. The molecule has 5 nitrogen and oxygen atoms in total. The summed E-state index contributed by atoms with van der Waals surface area (Å²) < 4.78 is 0. The number of hydrogen-bond acceptors (Lipinski definition) is 5. The highest BCUT2D eigenvalue weighted by atomic mass is 35.5. The van der Waals surface area contributed by atoms with Crippen LogP contribution >= 0.6 is 22.9 Å². The van der Waals surface area contributed by atoms with E-state index in [2.05, 4.69) is 41.3 Å². The molecule has 7 heteroatoms. The lowest BCUT2D eigenvalue weighted by molar-refractivity contribution is -0.117. The Kier molecular flexibility index (Phi) is 6.52. The minimum absolute atomic E-state index is 0.0144. The van der Waals surface area contributed by atoms with Gasteiger partial charge in [-0.1, -0.05) is 32.4 Å². The van der Waals surface area contributed by atoms with E-state index in [4.69, 9.17) is 16.6 Å². The minimum atomic E-state index is 0.0144. The molecule has 146 valence electrons. The number of thiazole rings is 1. The second-order valence-electron chi connectivity index (χ2n) is 7.98. The summed E-state index contributed by atoms with van der Waals surface area (Å²) in [6, 6.07) is 7.19.